The summed E-state index contributed by atoms with van der Waals surface area (Å²) in [5.74, 6) is 1.05. The van der Waals surface area contributed by atoms with Crippen LogP contribution in [0.2, 0.25) is 5.02 Å². The van der Waals surface area contributed by atoms with Gasteiger partial charge in [0.2, 0.25) is 0 Å². The lowest BCUT2D eigenvalue weighted by atomic mass is 9.89. The number of rotatable bonds is 5. The van der Waals surface area contributed by atoms with Crippen LogP contribution < -0.4 is 5.32 Å². The molecule has 1 aliphatic carbocycles. The molecule has 1 saturated carbocycles. The maximum Gasteiger partial charge on any atom is 0.123 e. The molecule has 0 bridgehead atoms. The molecule has 0 saturated heterocycles. The summed E-state index contributed by atoms with van der Waals surface area (Å²) in [5, 5.41) is 4.31. The van der Waals surface area contributed by atoms with Gasteiger partial charge in [-0.25, -0.2) is 4.39 Å². The van der Waals surface area contributed by atoms with Gasteiger partial charge in [0, 0.05) is 11.1 Å². The van der Waals surface area contributed by atoms with Crippen molar-refractivity contribution in [3.63, 3.8) is 0 Å². The molecule has 0 heterocycles. The Bertz CT molecular complexity index is 421. The van der Waals surface area contributed by atoms with Gasteiger partial charge in [-0.15, -0.1) is 0 Å². The minimum absolute atomic E-state index is 0.189. The Morgan fingerprint density at radius 3 is 2.89 bits per heavy atom. The molecule has 1 aliphatic rings. The van der Waals surface area contributed by atoms with Crippen molar-refractivity contribution in [3.8, 4) is 0 Å². The van der Waals surface area contributed by atoms with E-state index >= 15 is 0 Å². The Balaban J connectivity index is 1.98. The van der Waals surface area contributed by atoms with E-state index in [1.807, 2.05) is 0 Å². The van der Waals surface area contributed by atoms with Gasteiger partial charge in [0.1, 0.15) is 5.82 Å². The summed E-state index contributed by atoms with van der Waals surface area (Å²) >= 11 is 6.16. The van der Waals surface area contributed by atoms with Crippen LogP contribution in [0.5, 0.6) is 0 Å². The lowest BCUT2D eigenvalue weighted by Gasteiger charge is -2.22. The topological polar surface area (TPSA) is 12.0 Å². The zero-order valence-electron chi connectivity index (χ0n) is 11.8. The molecule has 3 atom stereocenters. The molecule has 1 nitrogen and oxygen atoms in total. The van der Waals surface area contributed by atoms with Crippen LogP contribution in [0.4, 0.5) is 4.39 Å². The molecule has 1 fully saturated rings. The van der Waals surface area contributed by atoms with Gasteiger partial charge in [0.25, 0.3) is 0 Å². The number of benzene rings is 1. The second-order valence-electron chi connectivity index (χ2n) is 5.70. The van der Waals surface area contributed by atoms with Crippen molar-refractivity contribution in [1.82, 2.24) is 5.32 Å². The van der Waals surface area contributed by atoms with E-state index in [2.05, 4.69) is 19.2 Å². The van der Waals surface area contributed by atoms with Crippen LogP contribution in [0.3, 0.4) is 0 Å². The van der Waals surface area contributed by atoms with E-state index in [9.17, 15) is 4.39 Å². The van der Waals surface area contributed by atoms with Gasteiger partial charge in [-0.05, 0) is 67.8 Å². The van der Waals surface area contributed by atoms with Crippen molar-refractivity contribution < 1.29 is 4.39 Å². The summed E-state index contributed by atoms with van der Waals surface area (Å²) in [5.41, 5.74) is 0.953. The molecular weight excluding hydrogens is 261 g/mol. The molecule has 0 spiro atoms. The van der Waals surface area contributed by atoms with E-state index in [0.717, 1.165) is 18.5 Å². The van der Waals surface area contributed by atoms with E-state index in [0.29, 0.717) is 22.9 Å². The zero-order chi connectivity index (χ0) is 13.8. The third-order valence-electron chi connectivity index (χ3n) is 4.37. The Morgan fingerprint density at radius 1 is 1.37 bits per heavy atom. The average Bonchev–Trinajstić information content (AvgIpc) is 2.73. The van der Waals surface area contributed by atoms with Gasteiger partial charge in [-0.2, -0.15) is 0 Å². The van der Waals surface area contributed by atoms with E-state index in [1.165, 1.54) is 25.3 Å². The monoisotopic (exact) mass is 283 g/mol. The first-order valence-electron chi connectivity index (χ1n) is 7.29. The second-order valence-corrected chi connectivity index (χ2v) is 6.10. The summed E-state index contributed by atoms with van der Waals surface area (Å²) in [4.78, 5) is 0. The summed E-state index contributed by atoms with van der Waals surface area (Å²) < 4.78 is 13.3. The first-order valence-corrected chi connectivity index (χ1v) is 7.67. The molecular formula is C16H23ClFN. The molecule has 0 aliphatic heterocycles. The molecule has 106 valence electrons. The Kier molecular flexibility index (Phi) is 5.23. The molecule has 19 heavy (non-hydrogen) atoms. The Morgan fingerprint density at radius 2 is 2.16 bits per heavy atom. The summed E-state index contributed by atoms with van der Waals surface area (Å²) in [6, 6.07) is 5.29. The second kappa shape index (κ2) is 6.71. The number of halogens is 2. The fourth-order valence-corrected chi connectivity index (χ4v) is 3.33. The van der Waals surface area contributed by atoms with Crippen LogP contribution in [-0.2, 0) is 6.42 Å². The lowest BCUT2D eigenvalue weighted by molar-refractivity contribution is 0.351. The summed E-state index contributed by atoms with van der Waals surface area (Å²) in [7, 11) is 0. The normalized spacial score (nSPS) is 26.8. The van der Waals surface area contributed by atoms with Crippen molar-refractivity contribution >= 4 is 11.6 Å². The zero-order valence-corrected chi connectivity index (χ0v) is 12.5. The standard InChI is InChI=1S/C16H23ClFN/c1-3-8-19-16-7-4-12(11(16)2)9-13-10-14(18)5-6-15(13)17/h5-6,10-12,16,19H,3-4,7-9H2,1-2H3. The van der Waals surface area contributed by atoms with Crippen molar-refractivity contribution in [3.05, 3.63) is 34.6 Å². The van der Waals surface area contributed by atoms with Gasteiger partial charge in [0.15, 0.2) is 0 Å². The molecule has 1 aromatic rings. The minimum atomic E-state index is -0.189. The van der Waals surface area contributed by atoms with E-state index in [1.54, 1.807) is 12.1 Å². The molecule has 0 radical (unpaired) electrons. The fraction of sp³-hybridized carbons (Fsp3) is 0.625. The molecule has 0 amide bonds. The van der Waals surface area contributed by atoms with Gasteiger partial charge in [0.05, 0.1) is 0 Å². The van der Waals surface area contributed by atoms with E-state index in [4.69, 9.17) is 11.6 Å². The van der Waals surface area contributed by atoms with Crippen LogP contribution in [0, 0.1) is 17.7 Å². The van der Waals surface area contributed by atoms with Crippen molar-refractivity contribution in [2.45, 2.75) is 45.6 Å². The van der Waals surface area contributed by atoms with E-state index < -0.39 is 0 Å². The van der Waals surface area contributed by atoms with Crippen molar-refractivity contribution in [1.29, 1.82) is 0 Å². The molecule has 2 rings (SSSR count). The average molecular weight is 284 g/mol. The first-order chi connectivity index (χ1) is 9.11. The lowest BCUT2D eigenvalue weighted by Crippen LogP contribution is -2.33. The third-order valence-corrected chi connectivity index (χ3v) is 4.74. The summed E-state index contributed by atoms with van der Waals surface area (Å²) in [6.07, 6.45) is 4.49. The highest BCUT2D eigenvalue weighted by Crippen LogP contribution is 2.35. The minimum Gasteiger partial charge on any atom is -0.314 e. The van der Waals surface area contributed by atoms with Gasteiger partial charge < -0.3 is 5.32 Å². The fourth-order valence-electron chi connectivity index (χ4n) is 3.14. The van der Waals surface area contributed by atoms with Gasteiger partial charge in [-0.3, -0.25) is 0 Å². The van der Waals surface area contributed by atoms with Crippen LogP contribution in [0.1, 0.15) is 38.7 Å². The van der Waals surface area contributed by atoms with Crippen LogP contribution >= 0.6 is 11.6 Å². The van der Waals surface area contributed by atoms with Gasteiger partial charge >= 0.3 is 0 Å². The van der Waals surface area contributed by atoms with Crippen LogP contribution in [0.25, 0.3) is 0 Å². The molecule has 3 heteroatoms. The maximum atomic E-state index is 13.3. The highest BCUT2D eigenvalue weighted by molar-refractivity contribution is 6.31. The van der Waals surface area contributed by atoms with Crippen molar-refractivity contribution in [2.24, 2.45) is 11.8 Å². The summed E-state index contributed by atoms with van der Waals surface area (Å²) in [6.45, 7) is 5.58. The number of nitrogens with one attached hydrogen (secondary N) is 1. The van der Waals surface area contributed by atoms with Crippen molar-refractivity contribution in [2.75, 3.05) is 6.54 Å². The van der Waals surface area contributed by atoms with E-state index in [-0.39, 0.29) is 5.82 Å². The quantitative estimate of drug-likeness (QED) is 0.843. The predicted octanol–water partition coefficient (Wildman–Crippen LogP) is 4.44. The third kappa shape index (κ3) is 3.70. The number of hydrogen-bond donors (Lipinski definition) is 1. The maximum absolute atomic E-state index is 13.3. The van der Waals surface area contributed by atoms with Crippen LogP contribution in [0.15, 0.2) is 18.2 Å². The Hall–Kier alpha value is -0.600. The highest BCUT2D eigenvalue weighted by Gasteiger charge is 2.32. The highest BCUT2D eigenvalue weighted by atomic mass is 35.5. The smallest absolute Gasteiger partial charge is 0.123 e. The molecule has 1 N–H and O–H groups in total. The largest absolute Gasteiger partial charge is 0.314 e. The first kappa shape index (κ1) is 14.8. The van der Waals surface area contributed by atoms with Gasteiger partial charge in [-0.1, -0.05) is 25.4 Å². The predicted molar refractivity (Wildman–Crippen MR) is 79.1 cm³/mol. The molecule has 0 aromatic heterocycles. The van der Waals surface area contributed by atoms with Crippen LogP contribution in [-0.4, -0.2) is 12.6 Å². The number of hydrogen-bond acceptors (Lipinski definition) is 1. The molecule has 3 unspecified atom stereocenters. The Labute approximate surface area is 120 Å². The molecule has 1 aromatic carbocycles. The SMILES string of the molecule is CCCNC1CCC(Cc2cc(F)ccc2Cl)C1C.